The van der Waals surface area contributed by atoms with Gasteiger partial charge in [0.15, 0.2) is 0 Å². The van der Waals surface area contributed by atoms with E-state index in [0.717, 1.165) is 19.3 Å². The molecule has 132 valence electrons. The minimum Gasteiger partial charge on any atom is -0.494 e. The smallest absolute Gasteiger partial charge is 0.414 e. The first kappa shape index (κ1) is 19.4. The molecule has 1 aromatic carbocycles. The molecule has 0 aliphatic carbocycles. The van der Waals surface area contributed by atoms with E-state index in [4.69, 9.17) is 20.7 Å². The Hall–Kier alpha value is -2.61. The number of amides is 2. The summed E-state index contributed by atoms with van der Waals surface area (Å²) < 4.78 is 5.55. The number of hydrogen-bond acceptors (Lipinski definition) is 5. The number of hydrogen-bond donors (Lipinski definition) is 3. The van der Waals surface area contributed by atoms with E-state index in [9.17, 15) is 14.4 Å². The van der Waals surface area contributed by atoms with E-state index in [1.807, 2.05) is 0 Å². The summed E-state index contributed by atoms with van der Waals surface area (Å²) in [5, 5.41) is 18.0. The lowest BCUT2D eigenvalue weighted by molar-refractivity contribution is -0.145. The molecule has 0 bridgehead atoms. The fourth-order valence-corrected chi connectivity index (χ4v) is 2.11. The quantitative estimate of drug-likeness (QED) is 0.410. The Balaban J connectivity index is 2.62. The zero-order valence-electron chi connectivity index (χ0n) is 13.3. The monoisotopic (exact) mass is 338 g/mol. The minimum atomic E-state index is -1.60. The molecular formula is C16H22N2O6. The molecule has 1 rings (SSSR count). The number of carbonyl (C=O) groups is 3. The lowest BCUT2D eigenvalue weighted by atomic mass is 10.1. The first-order valence-electron chi connectivity index (χ1n) is 7.60. The van der Waals surface area contributed by atoms with Crippen molar-refractivity contribution in [2.24, 2.45) is 5.73 Å². The van der Waals surface area contributed by atoms with Gasteiger partial charge in [0, 0.05) is 6.42 Å². The van der Waals surface area contributed by atoms with Gasteiger partial charge in [-0.1, -0.05) is 12.1 Å². The van der Waals surface area contributed by atoms with Crippen molar-refractivity contribution in [3.05, 3.63) is 29.8 Å². The van der Waals surface area contributed by atoms with E-state index in [-0.39, 0.29) is 17.7 Å². The molecule has 8 nitrogen and oxygen atoms in total. The van der Waals surface area contributed by atoms with Crippen LogP contribution in [0.2, 0.25) is 0 Å². The van der Waals surface area contributed by atoms with Gasteiger partial charge in [0.2, 0.25) is 6.41 Å². The van der Waals surface area contributed by atoms with E-state index in [2.05, 4.69) is 0 Å². The highest BCUT2D eigenvalue weighted by Crippen LogP contribution is 2.16. The van der Waals surface area contributed by atoms with Crippen LogP contribution < -0.4 is 10.5 Å². The molecule has 1 aromatic rings. The Morgan fingerprint density at radius 1 is 1.17 bits per heavy atom. The molecule has 8 heteroatoms. The van der Waals surface area contributed by atoms with Gasteiger partial charge in [0.1, 0.15) is 11.8 Å². The van der Waals surface area contributed by atoms with Crippen LogP contribution in [-0.4, -0.2) is 52.8 Å². The molecule has 0 spiro atoms. The van der Waals surface area contributed by atoms with Crippen LogP contribution in [0.15, 0.2) is 24.3 Å². The first-order valence-corrected chi connectivity index (χ1v) is 7.60. The van der Waals surface area contributed by atoms with E-state index in [0.29, 0.717) is 24.5 Å². The second-order valence-corrected chi connectivity index (χ2v) is 5.20. The topological polar surface area (TPSA) is 130 Å². The number of nitrogens with zero attached hydrogens (tertiary/aromatic N) is 1. The average Bonchev–Trinajstić information content (AvgIpc) is 2.55. The van der Waals surface area contributed by atoms with Crippen LogP contribution in [0.25, 0.3) is 0 Å². The van der Waals surface area contributed by atoms with Gasteiger partial charge in [0.25, 0.3) is 0 Å². The van der Waals surface area contributed by atoms with E-state index in [1.54, 1.807) is 24.3 Å². The third-order valence-electron chi connectivity index (χ3n) is 3.42. The summed E-state index contributed by atoms with van der Waals surface area (Å²) in [5.74, 6) is -0.742. The summed E-state index contributed by atoms with van der Waals surface area (Å²) in [5.41, 5.74) is 5.99. The molecule has 0 saturated carbocycles. The van der Waals surface area contributed by atoms with Crippen LogP contribution in [0.1, 0.15) is 24.8 Å². The zero-order chi connectivity index (χ0) is 17.9. The molecule has 2 amide bonds. The normalized spacial score (nSPS) is 11.5. The number of unbranched alkanes of at least 4 members (excludes halogenated alkanes) is 2. The average molecular weight is 338 g/mol. The first-order chi connectivity index (χ1) is 11.5. The minimum absolute atomic E-state index is 0.0000572. The van der Waals surface area contributed by atoms with Crippen LogP contribution in [0.3, 0.4) is 0 Å². The standard InChI is InChI=1S/C16H22N2O6/c17-8-2-1-3-9-24-13-6-4-12(5-7-13)10-14(15(20)21)18(11-19)16(22)23/h4-7,11,14H,1-3,8-10,17H2,(H,20,21)(H,22,23). The summed E-state index contributed by atoms with van der Waals surface area (Å²) in [4.78, 5) is 33.1. The Kier molecular flexibility index (Phi) is 8.28. The maximum absolute atomic E-state index is 11.2. The second kappa shape index (κ2) is 10.2. The number of rotatable bonds is 11. The van der Waals surface area contributed by atoms with Crippen molar-refractivity contribution in [2.75, 3.05) is 13.2 Å². The van der Waals surface area contributed by atoms with Crippen LogP contribution in [0.4, 0.5) is 4.79 Å². The predicted octanol–water partition coefficient (Wildman–Crippen LogP) is 1.33. The molecule has 0 aliphatic heterocycles. The number of nitrogens with two attached hydrogens (primary N) is 1. The van der Waals surface area contributed by atoms with Gasteiger partial charge < -0.3 is 20.7 Å². The number of carboxylic acids is 1. The number of benzene rings is 1. The molecule has 0 radical (unpaired) electrons. The number of aliphatic carboxylic acids is 1. The van der Waals surface area contributed by atoms with Gasteiger partial charge in [-0.15, -0.1) is 0 Å². The van der Waals surface area contributed by atoms with Gasteiger partial charge in [0.05, 0.1) is 6.61 Å². The zero-order valence-corrected chi connectivity index (χ0v) is 13.3. The molecule has 0 fully saturated rings. The highest BCUT2D eigenvalue weighted by atomic mass is 16.5. The van der Waals surface area contributed by atoms with Crippen LogP contribution in [0, 0.1) is 0 Å². The SMILES string of the molecule is NCCCCCOc1ccc(CC(C(=O)O)N(C=O)C(=O)O)cc1. The second-order valence-electron chi connectivity index (χ2n) is 5.20. The Bertz CT molecular complexity index is 546. The maximum Gasteiger partial charge on any atom is 0.414 e. The molecule has 0 saturated heterocycles. The number of carboxylic acid groups (broad SMARTS) is 2. The van der Waals surface area contributed by atoms with Crippen molar-refractivity contribution in [1.29, 1.82) is 0 Å². The Morgan fingerprint density at radius 3 is 2.33 bits per heavy atom. The van der Waals surface area contributed by atoms with Crippen LogP contribution >= 0.6 is 0 Å². The number of imide groups is 1. The van der Waals surface area contributed by atoms with Gasteiger partial charge in [-0.2, -0.15) is 0 Å². The highest BCUT2D eigenvalue weighted by molar-refractivity contribution is 5.87. The molecule has 0 aromatic heterocycles. The third-order valence-corrected chi connectivity index (χ3v) is 3.42. The van der Waals surface area contributed by atoms with Gasteiger partial charge in [-0.3, -0.25) is 4.79 Å². The van der Waals surface area contributed by atoms with Crippen molar-refractivity contribution >= 4 is 18.5 Å². The van der Waals surface area contributed by atoms with Crippen LogP contribution in [0.5, 0.6) is 5.75 Å². The summed E-state index contributed by atoms with van der Waals surface area (Å²) in [6.07, 6.45) is 1.13. The maximum atomic E-state index is 11.2. The van der Waals surface area contributed by atoms with Gasteiger partial charge >= 0.3 is 12.1 Å². The van der Waals surface area contributed by atoms with Crippen molar-refractivity contribution in [3.63, 3.8) is 0 Å². The van der Waals surface area contributed by atoms with E-state index in [1.165, 1.54) is 0 Å². The summed E-state index contributed by atoms with van der Waals surface area (Å²) in [6.45, 7) is 1.22. The molecule has 0 aliphatic rings. The lowest BCUT2D eigenvalue weighted by Crippen LogP contribution is -2.44. The predicted molar refractivity (Wildman–Crippen MR) is 85.9 cm³/mol. The van der Waals surface area contributed by atoms with Crippen molar-refractivity contribution in [2.45, 2.75) is 31.7 Å². The number of ether oxygens (including phenoxy) is 1. The van der Waals surface area contributed by atoms with Crippen molar-refractivity contribution < 1.29 is 29.3 Å². The van der Waals surface area contributed by atoms with Crippen molar-refractivity contribution in [3.8, 4) is 5.75 Å². The Morgan fingerprint density at radius 2 is 1.83 bits per heavy atom. The molecular weight excluding hydrogens is 316 g/mol. The van der Waals surface area contributed by atoms with Gasteiger partial charge in [-0.25, -0.2) is 14.5 Å². The summed E-state index contributed by atoms with van der Waals surface area (Å²) in [6, 6.07) is 5.20. The highest BCUT2D eigenvalue weighted by Gasteiger charge is 2.29. The summed E-state index contributed by atoms with van der Waals surface area (Å²) in [7, 11) is 0. The molecule has 4 N–H and O–H groups in total. The van der Waals surface area contributed by atoms with E-state index < -0.39 is 18.1 Å². The largest absolute Gasteiger partial charge is 0.494 e. The summed E-state index contributed by atoms with van der Waals surface area (Å²) >= 11 is 0. The number of carbonyl (C=O) groups excluding carboxylic acids is 1. The van der Waals surface area contributed by atoms with E-state index >= 15 is 0 Å². The van der Waals surface area contributed by atoms with Crippen molar-refractivity contribution in [1.82, 2.24) is 4.90 Å². The third kappa shape index (κ3) is 6.25. The Labute approximate surface area is 139 Å². The molecule has 0 heterocycles. The fraction of sp³-hybridized carbons (Fsp3) is 0.438. The lowest BCUT2D eigenvalue weighted by Gasteiger charge is -2.20. The molecule has 1 atom stereocenters. The van der Waals surface area contributed by atoms with Crippen LogP contribution in [-0.2, 0) is 16.0 Å². The fourth-order valence-electron chi connectivity index (χ4n) is 2.11. The molecule has 1 unspecified atom stereocenters. The molecule has 24 heavy (non-hydrogen) atoms. The van der Waals surface area contributed by atoms with Gasteiger partial charge in [-0.05, 0) is 43.5 Å².